The smallest absolute Gasteiger partial charge is 0.382 e. The van der Waals surface area contributed by atoms with E-state index in [0.29, 0.717) is 11.1 Å². The van der Waals surface area contributed by atoms with Crippen LogP contribution in [0.2, 0.25) is 0 Å². The molecule has 0 heterocycles. The maximum atomic E-state index is 14.0. The molecule has 38 heavy (non-hydrogen) atoms. The van der Waals surface area contributed by atoms with Crippen molar-refractivity contribution in [3.63, 3.8) is 0 Å². The van der Waals surface area contributed by atoms with Crippen LogP contribution in [0.25, 0.3) is 11.1 Å². The number of aliphatic hydroxyl groups excluding tert-OH is 1. The minimum Gasteiger partial charge on any atom is -0.382 e. The number of carbonyl (C=O) groups excluding carboxylic acids is 1. The predicted molar refractivity (Wildman–Crippen MR) is 133 cm³/mol. The average molecular weight is 546 g/mol. The normalized spacial score (nSPS) is 17.0. The van der Waals surface area contributed by atoms with E-state index in [1.807, 2.05) is 6.07 Å². The molecule has 2 aromatic carbocycles. The fraction of sp³-hybridized carbons (Fsp3) is 0.481. The summed E-state index contributed by atoms with van der Waals surface area (Å²) in [4.78, 5) is 11.8. The van der Waals surface area contributed by atoms with E-state index in [2.05, 4.69) is 5.32 Å². The number of halogens is 6. The van der Waals surface area contributed by atoms with Crippen molar-refractivity contribution in [2.24, 2.45) is 5.73 Å². The Hall–Kier alpha value is -2.94. The van der Waals surface area contributed by atoms with Gasteiger partial charge in [0.25, 0.3) is 6.43 Å². The number of hydrogen-bond acceptors (Lipinski definition) is 5. The Morgan fingerprint density at radius 2 is 1.50 bits per heavy atom. The first-order chi connectivity index (χ1) is 17.5. The van der Waals surface area contributed by atoms with Crippen molar-refractivity contribution in [3.05, 3.63) is 59.7 Å². The van der Waals surface area contributed by atoms with E-state index in [1.165, 1.54) is 62.4 Å². The summed E-state index contributed by atoms with van der Waals surface area (Å²) in [6, 6.07) is 9.40. The maximum Gasteiger partial charge on any atom is 0.407 e. The molecule has 3 rings (SSSR count). The minimum atomic E-state index is -4.73. The van der Waals surface area contributed by atoms with Gasteiger partial charge < -0.3 is 10.8 Å². The van der Waals surface area contributed by atoms with Crippen molar-refractivity contribution < 1.29 is 37.7 Å². The van der Waals surface area contributed by atoms with Gasteiger partial charge in [-0.15, -0.1) is 0 Å². The lowest BCUT2D eigenvalue weighted by atomic mass is 9.95. The summed E-state index contributed by atoms with van der Waals surface area (Å²) >= 11 is 0. The molecule has 5 nitrogen and oxygen atoms in total. The van der Waals surface area contributed by atoms with Gasteiger partial charge in [0.15, 0.2) is 0 Å². The zero-order chi connectivity index (χ0) is 28.9. The van der Waals surface area contributed by atoms with E-state index in [4.69, 9.17) is 11.0 Å². The van der Waals surface area contributed by atoms with Gasteiger partial charge in [0.05, 0.1) is 12.1 Å². The zero-order valence-electron chi connectivity index (χ0n) is 21.2. The van der Waals surface area contributed by atoms with Crippen molar-refractivity contribution in [2.75, 3.05) is 0 Å². The molecular weight excluding hydrogens is 512 g/mol. The number of hydrogen-bond donors (Lipinski definition) is 3. The van der Waals surface area contributed by atoms with Gasteiger partial charge in [-0.25, -0.2) is 13.2 Å². The van der Waals surface area contributed by atoms with Gasteiger partial charge >= 0.3 is 6.18 Å². The number of benzene rings is 2. The third-order valence-corrected chi connectivity index (χ3v) is 5.95. The van der Waals surface area contributed by atoms with E-state index in [1.54, 1.807) is 0 Å². The number of nitriles is 1. The molecule has 210 valence electrons. The molecule has 1 fully saturated rings. The van der Waals surface area contributed by atoms with Crippen LogP contribution in [0, 0.1) is 11.3 Å². The summed E-state index contributed by atoms with van der Waals surface area (Å²) in [5, 5.41) is 19.7. The van der Waals surface area contributed by atoms with E-state index in [-0.39, 0.29) is 12.6 Å². The Labute approximate surface area is 219 Å². The van der Waals surface area contributed by atoms with Crippen molar-refractivity contribution in [1.29, 1.82) is 5.26 Å². The summed E-state index contributed by atoms with van der Waals surface area (Å²) < 4.78 is 80.3. The number of Topliss-reactive ketones (excluding diaryl/α,β-unsaturated/α-hetero) is 1. The van der Waals surface area contributed by atoms with Crippen LogP contribution in [0.4, 0.5) is 26.3 Å². The Balaban J connectivity index is 0.000000955. The fourth-order valence-electron chi connectivity index (χ4n) is 3.52. The second-order valence-electron chi connectivity index (χ2n) is 10.0. The number of carbonyl (C=O) groups is 1. The van der Waals surface area contributed by atoms with Crippen molar-refractivity contribution >= 4 is 5.78 Å². The SMILES string of the molecule is CC(=O)[C@H](CC(C)(C)F)N[C@@H](c1ccc(-c2ccc([C@@H](O)C(F)F)cc2)cc1)C(F)(F)F.N#CC1(N)CC1.[HH]. The molecule has 0 aromatic heterocycles. The average Bonchev–Trinajstić information content (AvgIpc) is 3.58. The standard InChI is InChI=1S/C23H25F6NO2.C4H6N2.H2/c1-13(31)18(12-22(2,3)26)30-20(23(27,28)29)17-10-6-15(7-11-17)14-4-8-16(9-5-14)19(32)21(24)25;5-3-4(6)1-2-4;/h4-11,18-21,30,32H,12H2,1-3H3;1-2,6H2;1H/t18-,19+,20-;;/m0../s1. The third kappa shape index (κ3) is 9.42. The second-order valence-corrected chi connectivity index (χ2v) is 10.0. The highest BCUT2D eigenvalue weighted by Gasteiger charge is 2.43. The van der Waals surface area contributed by atoms with E-state index in [0.717, 1.165) is 19.8 Å². The molecule has 0 amide bonds. The first-order valence-corrected chi connectivity index (χ1v) is 11.8. The Morgan fingerprint density at radius 1 is 1.05 bits per heavy atom. The fourth-order valence-corrected chi connectivity index (χ4v) is 3.52. The third-order valence-electron chi connectivity index (χ3n) is 5.95. The molecule has 1 aliphatic carbocycles. The molecule has 0 saturated heterocycles. The number of aliphatic hydroxyl groups is 1. The molecule has 4 N–H and O–H groups in total. The molecule has 1 saturated carbocycles. The highest BCUT2D eigenvalue weighted by molar-refractivity contribution is 5.81. The number of nitrogens with two attached hydrogens (primary N) is 1. The lowest BCUT2D eigenvalue weighted by Gasteiger charge is -2.29. The Bertz CT molecular complexity index is 1110. The van der Waals surface area contributed by atoms with Crippen LogP contribution < -0.4 is 11.1 Å². The lowest BCUT2D eigenvalue weighted by Crippen LogP contribution is -2.46. The molecule has 0 aliphatic heterocycles. The summed E-state index contributed by atoms with van der Waals surface area (Å²) in [5.41, 5.74) is 3.99. The highest BCUT2D eigenvalue weighted by atomic mass is 19.4. The summed E-state index contributed by atoms with van der Waals surface area (Å²) in [6.07, 6.45) is -8.22. The van der Waals surface area contributed by atoms with Crippen molar-refractivity contribution in [1.82, 2.24) is 5.32 Å². The largest absolute Gasteiger partial charge is 0.407 e. The van der Waals surface area contributed by atoms with Crippen LogP contribution in [-0.4, -0.2) is 40.7 Å². The molecular formula is C27H33F6N3O2. The van der Waals surface area contributed by atoms with E-state index in [9.17, 15) is 36.2 Å². The number of rotatable bonds is 9. The van der Waals surface area contributed by atoms with Gasteiger partial charge in [-0.2, -0.15) is 18.4 Å². The van der Waals surface area contributed by atoms with Crippen molar-refractivity contribution in [2.45, 2.75) is 82.0 Å². The van der Waals surface area contributed by atoms with Crippen LogP contribution in [0.3, 0.4) is 0 Å². The summed E-state index contributed by atoms with van der Waals surface area (Å²) in [5.74, 6) is -0.604. The predicted octanol–water partition coefficient (Wildman–Crippen LogP) is 6.19. The Kier molecular flexibility index (Phi) is 10.1. The quantitative estimate of drug-likeness (QED) is 0.327. The number of alkyl halides is 6. The van der Waals surface area contributed by atoms with Crippen LogP contribution in [0.5, 0.6) is 0 Å². The first kappa shape index (κ1) is 31.3. The van der Waals surface area contributed by atoms with Gasteiger partial charge in [-0.3, -0.25) is 10.1 Å². The summed E-state index contributed by atoms with van der Waals surface area (Å²) in [7, 11) is 0. The summed E-state index contributed by atoms with van der Waals surface area (Å²) in [6.45, 7) is 3.48. The first-order valence-electron chi connectivity index (χ1n) is 11.8. The van der Waals surface area contributed by atoms with Gasteiger partial charge in [-0.05, 0) is 55.9 Å². The van der Waals surface area contributed by atoms with E-state index < -0.39 is 54.2 Å². The highest BCUT2D eigenvalue weighted by Crippen LogP contribution is 2.35. The minimum absolute atomic E-state index is 0. The Morgan fingerprint density at radius 3 is 1.79 bits per heavy atom. The monoisotopic (exact) mass is 545 g/mol. The number of nitrogens with one attached hydrogen (secondary N) is 1. The van der Waals surface area contributed by atoms with Gasteiger partial charge in [-0.1, -0.05) is 48.5 Å². The van der Waals surface area contributed by atoms with E-state index >= 15 is 0 Å². The van der Waals surface area contributed by atoms with Gasteiger partial charge in [0.2, 0.25) is 0 Å². The molecule has 3 atom stereocenters. The molecule has 0 unspecified atom stereocenters. The van der Waals surface area contributed by atoms with Crippen LogP contribution in [-0.2, 0) is 4.79 Å². The molecule has 0 spiro atoms. The van der Waals surface area contributed by atoms with Crippen LogP contribution >= 0.6 is 0 Å². The van der Waals surface area contributed by atoms with Crippen LogP contribution in [0.15, 0.2) is 48.5 Å². The maximum absolute atomic E-state index is 14.0. The zero-order valence-corrected chi connectivity index (χ0v) is 21.2. The number of ketones is 1. The molecule has 2 aromatic rings. The van der Waals surface area contributed by atoms with Crippen LogP contribution in [0.1, 0.15) is 64.7 Å². The topological polar surface area (TPSA) is 99.1 Å². The van der Waals surface area contributed by atoms with Gasteiger partial charge in [0, 0.05) is 7.85 Å². The number of nitrogens with zero attached hydrogens (tertiary/aromatic N) is 1. The molecule has 0 radical (unpaired) electrons. The lowest BCUT2D eigenvalue weighted by molar-refractivity contribution is -0.161. The molecule has 0 bridgehead atoms. The van der Waals surface area contributed by atoms with Gasteiger partial charge in [0.1, 0.15) is 29.1 Å². The molecule has 1 aliphatic rings. The second kappa shape index (κ2) is 12.3. The van der Waals surface area contributed by atoms with Crippen molar-refractivity contribution in [3.8, 4) is 17.2 Å². The molecule has 11 heteroatoms.